The Kier molecular flexibility index (Phi) is 4.79. The van der Waals surface area contributed by atoms with Crippen molar-refractivity contribution >= 4 is 18.6 Å². The summed E-state index contributed by atoms with van der Waals surface area (Å²) in [4.78, 5) is 11.8. The van der Waals surface area contributed by atoms with Gasteiger partial charge in [0, 0.05) is 10.5 Å². The van der Waals surface area contributed by atoms with Gasteiger partial charge in [-0.3, -0.25) is 4.79 Å². The van der Waals surface area contributed by atoms with Gasteiger partial charge in [-0.1, -0.05) is 24.0 Å². The molecule has 2 nitrogen and oxygen atoms in total. The minimum Gasteiger partial charge on any atom is -0.465 e. The molecule has 0 aliphatic rings. The molecule has 0 heterocycles. The average molecular weight is 220 g/mol. The maximum absolute atomic E-state index is 11.0. The molecule has 0 atom stereocenters. The monoisotopic (exact) mass is 220 g/mol. The van der Waals surface area contributed by atoms with Crippen molar-refractivity contribution in [2.24, 2.45) is 0 Å². The number of carbonyl (C=O) groups is 1. The fourth-order valence-corrected chi connectivity index (χ4v) is 1.22. The first-order chi connectivity index (χ1) is 7.24. The molecule has 0 spiro atoms. The van der Waals surface area contributed by atoms with Crippen LogP contribution in [0.3, 0.4) is 0 Å². The molecule has 0 N–H and O–H groups in total. The third kappa shape index (κ3) is 4.09. The SMILES string of the molecule is CCOC(=O)CC#Cc1ccccc1S. The van der Waals surface area contributed by atoms with E-state index in [2.05, 4.69) is 24.5 Å². The second-order valence-electron chi connectivity index (χ2n) is 2.80. The molecule has 0 radical (unpaired) electrons. The summed E-state index contributed by atoms with van der Waals surface area (Å²) >= 11 is 4.25. The zero-order chi connectivity index (χ0) is 11.1. The lowest BCUT2D eigenvalue weighted by molar-refractivity contribution is -0.141. The highest BCUT2D eigenvalue weighted by Gasteiger charge is 1.96. The van der Waals surface area contributed by atoms with Crippen LogP contribution in [0.25, 0.3) is 0 Å². The summed E-state index contributed by atoms with van der Waals surface area (Å²) in [7, 11) is 0. The van der Waals surface area contributed by atoms with Crippen molar-refractivity contribution in [3.63, 3.8) is 0 Å². The molecule has 15 heavy (non-hydrogen) atoms. The second-order valence-corrected chi connectivity index (χ2v) is 3.28. The molecule has 0 unspecified atom stereocenters. The maximum atomic E-state index is 11.0. The lowest BCUT2D eigenvalue weighted by atomic mass is 10.2. The molecular weight excluding hydrogens is 208 g/mol. The smallest absolute Gasteiger partial charge is 0.317 e. The number of ether oxygens (including phenoxy) is 1. The molecule has 0 saturated carbocycles. The molecular formula is C12H12O2S. The normalized spacial score (nSPS) is 8.93. The van der Waals surface area contributed by atoms with E-state index in [0.717, 1.165) is 10.5 Å². The van der Waals surface area contributed by atoms with Crippen LogP contribution in [0.2, 0.25) is 0 Å². The fourth-order valence-electron chi connectivity index (χ4n) is 1.00. The summed E-state index contributed by atoms with van der Waals surface area (Å²) in [5.41, 5.74) is 0.824. The molecule has 0 fully saturated rings. The third-order valence-corrected chi connectivity index (χ3v) is 2.06. The number of thiol groups is 1. The number of rotatable bonds is 2. The minimum atomic E-state index is -0.290. The van der Waals surface area contributed by atoms with Crippen LogP contribution in [0.15, 0.2) is 29.2 Å². The molecule has 0 aliphatic heterocycles. The van der Waals surface area contributed by atoms with Gasteiger partial charge in [-0.25, -0.2) is 0 Å². The molecule has 0 amide bonds. The van der Waals surface area contributed by atoms with Crippen LogP contribution in [-0.4, -0.2) is 12.6 Å². The van der Waals surface area contributed by atoms with Crippen LogP contribution in [0.1, 0.15) is 18.9 Å². The standard InChI is InChI=1S/C12H12O2S/c1-2-14-12(13)9-5-7-10-6-3-4-8-11(10)15/h3-4,6,8,15H,2,9H2,1H3. The van der Waals surface area contributed by atoms with Gasteiger partial charge < -0.3 is 4.74 Å². The summed E-state index contributed by atoms with van der Waals surface area (Å²) in [5.74, 6) is 5.34. The first-order valence-corrected chi connectivity index (χ1v) is 5.11. The Labute approximate surface area is 95.1 Å². The number of hydrogen-bond donors (Lipinski definition) is 1. The Morgan fingerprint density at radius 3 is 2.87 bits per heavy atom. The lowest BCUT2D eigenvalue weighted by Crippen LogP contribution is -2.01. The van der Waals surface area contributed by atoms with Crippen molar-refractivity contribution in [3.8, 4) is 11.8 Å². The number of carbonyl (C=O) groups excluding carboxylic acids is 1. The molecule has 0 aromatic heterocycles. The maximum Gasteiger partial charge on any atom is 0.317 e. The van der Waals surface area contributed by atoms with E-state index in [4.69, 9.17) is 4.74 Å². The highest BCUT2D eigenvalue weighted by molar-refractivity contribution is 7.80. The minimum absolute atomic E-state index is 0.121. The van der Waals surface area contributed by atoms with Crippen molar-refractivity contribution in [1.82, 2.24) is 0 Å². The summed E-state index contributed by atoms with van der Waals surface area (Å²) in [5, 5.41) is 0. The molecule has 0 bridgehead atoms. The molecule has 1 aromatic carbocycles. The van der Waals surface area contributed by atoms with Crippen molar-refractivity contribution in [3.05, 3.63) is 29.8 Å². The van der Waals surface area contributed by atoms with Gasteiger partial charge in [-0.05, 0) is 19.1 Å². The zero-order valence-corrected chi connectivity index (χ0v) is 9.38. The van der Waals surface area contributed by atoms with Gasteiger partial charge in [0.25, 0.3) is 0 Å². The predicted octanol–water partition coefficient (Wildman–Crippen LogP) is 2.28. The molecule has 78 valence electrons. The van der Waals surface area contributed by atoms with Gasteiger partial charge in [0.2, 0.25) is 0 Å². The predicted molar refractivity (Wildman–Crippen MR) is 61.8 cm³/mol. The van der Waals surface area contributed by atoms with E-state index in [1.54, 1.807) is 6.92 Å². The average Bonchev–Trinajstić information content (AvgIpc) is 2.21. The van der Waals surface area contributed by atoms with Crippen molar-refractivity contribution in [1.29, 1.82) is 0 Å². The third-order valence-electron chi connectivity index (χ3n) is 1.67. The van der Waals surface area contributed by atoms with Crippen LogP contribution in [0, 0.1) is 11.8 Å². The Morgan fingerprint density at radius 2 is 2.20 bits per heavy atom. The Bertz CT molecular complexity index is 402. The molecule has 1 rings (SSSR count). The van der Waals surface area contributed by atoms with Crippen LogP contribution >= 0.6 is 12.6 Å². The molecule has 0 aliphatic carbocycles. The summed E-state index contributed by atoms with van der Waals surface area (Å²) in [6.07, 6.45) is 0.121. The number of benzene rings is 1. The van der Waals surface area contributed by atoms with Gasteiger partial charge in [-0.15, -0.1) is 12.6 Å². The second kappa shape index (κ2) is 6.15. The van der Waals surface area contributed by atoms with Crippen LogP contribution in [0.4, 0.5) is 0 Å². The van der Waals surface area contributed by atoms with E-state index < -0.39 is 0 Å². The Balaban J connectivity index is 2.59. The van der Waals surface area contributed by atoms with Gasteiger partial charge >= 0.3 is 5.97 Å². The van der Waals surface area contributed by atoms with E-state index in [-0.39, 0.29) is 12.4 Å². The van der Waals surface area contributed by atoms with E-state index in [1.165, 1.54) is 0 Å². The van der Waals surface area contributed by atoms with Crippen LogP contribution in [0.5, 0.6) is 0 Å². The van der Waals surface area contributed by atoms with Crippen molar-refractivity contribution in [2.45, 2.75) is 18.2 Å². The van der Waals surface area contributed by atoms with Crippen LogP contribution in [-0.2, 0) is 9.53 Å². The van der Waals surface area contributed by atoms with Crippen LogP contribution < -0.4 is 0 Å². The largest absolute Gasteiger partial charge is 0.465 e. The van der Waals surface area contributed by atoms with Crippen molar-refractivity contribution < 1.29 is 9.53 Å². The van der Waals surface area contributed by atoms with Gasteiger partial charge in [-0.2, -0.15) is 0 Å². The quantitative estimate of drug-likeness (QED) is 0.470. The molecule has 0 saturated heterocycles. The van der Waals surface area contributed by atoms with Gasteiger partial charge in [0.05, 0.1) is 6.61 Å². The number of esters is 1. The molecule has 1 aromatic rings. The van der Waals surface area contributed by atoms with Gasteiger partial charge in [0.15, 0.2) is 0 Å². The van der Waals surface area contributed by atoms with E-state index in [9.17, 15) is 4.79 Å². The van der Waals surface area contributed by atoms with E-state index in [0.29, 0.717) is 6.61 Å². The zero-order valence-electron chi connectivity index (χ0n) is 8.49. The van der Waals surface area contributed by atoms with E-state index in [1.807, 2.05) is 24.3 Å². The summed E-state index contributed by atoms with van der Waals surface area (Å²) in [6.45, 7) is 2.16. The first kappa shape index (κ1) is 11.7. The Hall–Kier alpha value is -1.40. The summed E-state index contributed by atoms with van der Waals surface area (Å²) in [6, 6.07) is 7.49. The van der Waals surface area contributed by atoms with Crippen molar-refractivity contribution in [2.75, 3.05) is 6.61 Å². The fraction of sp³-hybridized carbons (Fsp3) is 0.250. The Morgan fingerprint density at radius 1 is 1.47 bits per heavy atom. The van der Waals surface area contributed by atoms with E-state index >= 15 is 0 Å². The number of hydrogen-bond acceptors (Lipinski definition) is 3. The van der Waals surface area contributed by atoms with Gasteiger partial charge in [0.1, 0.15) is 6.42 Å². The highest BCUT2D eigenvalue weighted by Crippen LogP contribution is 2.10. The lowest BCUT2D eigenvalue weighted by Gasteiger charge is -1.96. The first-order valence-electron chi connectivity index (χ1n) is 4.66. The highest BCUT2D eigenvalue weighted by atomic mass is 32.1. The topological polar surface area (TPSA) is 26.3 Å². The summed E-state index contributed by atoms with van der Waals surface area (Å²) < 4.78 is 4.75. The molecule has 3 heteroatoms.